The number of ketones is 2. The standard InChI is InChI=1S/C50H57F3N4O9Si/c1-10-22-57(23-11-2)41-34-25-32-24-33-36(64-50(51,52)53)26-35(54-37(58)27-56(6)7)43(62-28-30-18-14-12-15-19-30)39(33)42(59)38(32)45(60)49(34,66-67(8,9)48(3,4)5)46(61)40-44(41)65-55-47(40)63-29-31-20-16-13-17-21-31/h10-21,26,32,34,41,59H,1-2,22-25,27-29H2,3-9H3,(H,54,58)/t32-,34-,41-,49?/m0/s1. The molecule has 0 spiro atoms. The molecule has 4 atom stereocenters. The first kappa shape index (κ1) is 48.9. The molecule has 1 amide bonds. The van der Waals surface area contributed by atoms with Crippen molar-refractivity contribution in [3.8, 4) is 17.4 Å². The molecular formula is C50H57F3N4O9Si. The molecule has 13 nitrogen and oxygen atoms in total. The number of alkyl halides is 3. The van der Waals surface area contributed by atoms with Crippen molar-refractivity contribution in [1.82, 2.24) is 15.0 Å². The summed E-state index contributed by atoms with van der Waals surface area (Å²) in [6.07, 6.45) is -2.23. The molecule has 3 aliphatic carbocycles. The summed E-state index contributed by atoms with van der Waals surface area (Å²) < 4.78 is 73.9. The maximum Gasteiger partial charge on any atom is 0.573 e. The summed E-state index contributed by atoms with van der Waals surface area (Å²) in [4.78, 5) is 49.0. The topological polar surface area (TPSA) is 153 Å². The molecule has 3 aliphatic rings. The van der Waals surface area contributed by atoms with Crippen LogP contribution in [0.4, 0.5) is 18.9 Å². The Hall–Kier alpha value is -6.01. The van der Waals surface area contributed by atoms with Gasteiger partial charge in [0.1, 0.15) is 30.3 Å². The molecule has 67 heavy (non-hydrogen) atoms. The van der Waals surface area contributed by atoms with E-state index in [1.807, 2.05) is 69.1 Å². The number of aliphatic hydroxyl groups is 1. The minimum atomic E-state index is -5.21. The highest BCUT2D eigenvalue weighted by atomic mass is 28.4. The fourth-order valence-electron chi connectivity index (χ4n) is 9.10. The zero-order valence-corrected chi connectivity index (χ0v) is 39.8. The van der Waals surface area contributed by atoms with Gasteiger partial charge in [-0.05, 0) is 67.3 Å². The van der Waals surface area contributed by atoms with E-state index in [1.165, 1.54) is 0 Å². The zero-order valence-electron chi connectivity index (χ0n) is 38.8. The molecule has 356 valence electrons. The summed E-state index contributed by atoms with van der Waals surface area (Å²) in [6.45, 7) is 17.8. The van der Waals surface area contributed by atoms with Gasteiger partial charge in [0.25, 0.3) is 5.88 Å². The van der Waals surface area contributed by atoms with Gasteiger partial charge in [-0.15, -0.1) is 26.3 Å². The Morgan fingerprint density at radius 1 is 0.955 bits per heavy atom. The van der Waals surface area contributed by atoms with Crippen LogP contribution in [0, 0.1) is 11.8 Å². The number of likely N-dealkylation sites (N-methyl/N-ethyl adjacent to an activating group) is 1. The molecule has 1 fully saturated rings. The van der Waals surface area contributed by atoms with E-state index in [2.05, 4.69) is 28.4 Å². The molecule has 7 rings (SSSR count). The van der Waals surface area contributed by atoms with E-state index in [4.69, 9.17) is 18.4 Å². The van der Waals surface area contributed by atoms with Gasteiger partial charge in [0.15, 0.2) is 25.4 Å². The number of Topliss-reactive ketones (excluding diaryl/α,β-unsaturated/α-hetero) is 2. The number of ether oxygens (including phenoxy) is 3. The second-order valence-electron chi connectivity index (χ2n) is 19.0. The van der Waals surface area contributed by atoms with E-state index in [-0.39, 0.29) is 91.0 Å². The highest BCUT2D eigenvalue weighted by Gasteiger charge is 2.69. The number of halogens is 3. The predicted molar refractivity (Wildman–Crippen MR) is 248 cm³/mol. The molecule has 17 heteroatoms. The first-order valence-electron chi connectivity index (χ1n) is 22.0. The van der Waals surface area contributed by atoms with E-state index >= 15 is 9.59 Å². The Balaban J connectivity index is 1.50. The predicted octanol–water partition coefficient (Wildman–Crippen LogP) is 9.63. The van der Waals surface area contributed by atoms with Crippen molar-refractivity contribution in [2.45, 2.75) is 83.0 Å². The molecule has 1 saturated carbocycles. The number of carbonyl (C=O) groups is 3. The Morgan fingerprint density at radius 3 is 2.10 bits per heavy atom. The van der Waals surface area contributed by atoms with Gasteiger partial charge < -0.3 is 38.5 Å². The Bertz CT molecular complexity index is 2560. The van der Waals surface area contributed by atoms with Gasteiger partial charge in [0.05, 0.1) is 23.8 Å². The normalized spacial score (nSPS) is 20.4. The van der Waals surface area contributed by atoms with Crippen molar-refractivity contribution in [2.24, 2.45) is 11.8 Å². The fraction of sp³-hybridized carbons (Fsp3) is 0.400. The summed E-state index contributed by atoms with van der Waals surface area (Å²) in [5, 5.41) is 19.2. The van der Waals surface area contributed by atoms with E-state index in [0.29, 0.717) is 5.56 Å². The van der Waals surface area contributed by atoms with Gasteiger partial charge >= 0.3 is 6.36 Å². The van der Waals surface area contributed by atoms with Crippen LogP contribution in [0.2, 0.25) is 18.1 Å². The smallest absolute Gasteiger partial charge is 0.507 e. The lowest BCUT2D eigenvalue weighted by Crippen LogP contribution is -2.68. The van der Waals surface area contributed by atoms with Crippen molar-refractivity contribution in [2.75, 3.05) is 39.0 Å². The number of nitrogens with one attached hydrogen (secondary N) is 1. The van der Waals surface area contributed by atoms with Crippen LogP contribution < -0.4 is 19.5 Å². The van der Waals surface area contributed by atoms with Crippen molar-refractivity contribution >= 4 is 37.2 Å². The summed E-state index contributed by atoms with van der Waals surface area (Å²) >= 11 is 0. The third kappa shape index (κ3) is 9.60. The zero-order chi connectivity index (χ0) is 48.6. The second kappa shape index (κ2) is 18.9. The number of nitrogens with zero attached hydrogens (tertiary/aromatic N) is 3. The SMILES string of the molecule is C=CCN(CC=C)[C@@H]1c2onc(OCc3ccccc3)c2C(=O)C2(O[Si](C)(C)C(C)(C)C)C(=O)C3=C(O)c4c(c(OC(F)(F)F)cc(NC(=O)CN(C)C)c4OCc4ccccc4)C[C@H]3C[C@@H]12. The van der Waals surface area contributed by atoms with Crippen LogP contribution in [0.15, 0.2) is 102 Å². The number of aromatic nitrogens is 1. The third-order valence-corrected chi connectivity index (χ3v) is 17.4. The highest BCUT2D eigenvalue weighted by molar-refractivity contribution is 6.74. The molecule has 0 radical (unpaired) electrons. The largest absolute Gasteiger partial charge is 0.573 e. The minimum Gasteiger partial charge on any atom is -0.507 e. The average molecular weight is 943 g/mol. The molecule has 3 aromatic carbocycles. The number of fused-ring (bicyclic) bond motifs is 4. The summed E-state index contributed by atoms with van der Waals surface area (Å²) in [5.41, 5.74) is -1.91. The Morgan fingerprint density at radius 2 is 1.55 bits per heavy atom. The van der Waals surface area contributed by atoms with Crippen LogP contribution in [0.25, 0.3) is 5.76 Å². The van der Waals surface area contributed by atoms with Crippen molar-refractivity contribution in [3.05, 3.63) is 131 Å². The lowest BCUT2D eigenvalue weighted by Gasteiger charge is -2.55. The van der Waals surface area contributed by atoms with Gasteiger partial charge in [0.2, 0.25) is 17.5 Å². The van der Waals surface area contributed by atoms with Crippen LogP contribution in [0.5, 0.6) is 17.4 Å². The average Bonchev–Trinajstić information content (AvgIpc) is 3.67. The van der Waals surface area contributed by atoms with E-state index in [9.17, 15) is 23.1 Å². The minimum absolute atomic E-state index is 0.000554. The third-order valence-electron chi connectivity index (χ3n) is 13.0. The van der Waals surface area contributed by atoms with Crippen molar-refractivity contribution in [3.63, 3.8) is 0 Å². The number of anilines is 1. The van der Waals surface area contributed by atoms with Gasteiger partial charge in [-0.3, -0.25) is 19.3 Å². The molecule has 1 unspecified atom stereocenters. The number of hydrogen-bond acceptors (Lipinski definition) is 12. The number of hydrogen-bond donors (Lipinski definition) is 2. The molecule has 0 saturated heterocycles. The van der Waals surface area contributed by atoms with Gasteiger partial charge in [-0.1, -0.05) is 93.6 Å². The number of amides is 1. The van der Waals surface area contributed by atoms with Gasteiger partial charge in [0, 0.05) is 36.2 Å². The molecule has 1 aromatic heterocycles. The van der Waals surface area contributed by atoms with Crippen LogP contribution in [-0.2, 0) is 33.6 Å². The molecule has 2 N–H and O–H groups in total. The molecule has 0 aliphatic heterocycles. The van der Waals surface area contributed by atoms with Crippen LogP contribution >= 0.6 is 0 Å². The molecular weight excluding hydrogens is 886 g/mol. The van der Waals surface area contributed by atoms with Crippen LogP contribution in [0.1, 0.15) is 71.6 Å². The van der Waals surface area contributed by atoms with E-state index in [0.717, 1.165) is 11.6 Å². The van der Waals surface area contributed by atoms with Gasteiger partial charge in [-0.25, -0.2) is 0 Å². The van der Waals surface area contributed by atoms with Crippen LogP contribution in [-0.4, -0.2) is 91.5 Å². The maximum atomic E-state index is 16.2. The first-order valence-corrected chi connectivity index (χ1v) is 24.9. The van der Waals surface area contributed by atoms with Gasteiger partial charge in [-0.2, -0.15) is 0 Å². The number of aliphatic hydroxyl groups excluding tert-OH is 1. The van der Waals surface area contributed by atoms with E-state index < -0.39 is 72.2 Å². The highest BCUT2D eigenvalue weighted by Crippen LogP contribution is 2.60. The first-order chi connectivity index (χ1) is 31.6. The van der Waals surface area contributed by atoms with Crippen molar-refractivity contribution in [1.29, 1.82) is 0 Å². The fourth-order valence-corrected chi connectivity index (χ4v) is 10.5. The van der Waals surface area contributed by atoms with E-state index in [1.54, 1.807) is 61.5 Å². The molecule has 4 aromatic rings. The maximum absolute atomic E-state index is 16.2. The lowest BCUT2D eigenvalue weighted by molar-refractivity contribution is -0.275. The van der Waals surface area contributed by atoms with Crippen molar-refractivity contribution < 1.29 is 55.8 Å². The number of rotatable bonds is 17. The summed E-state index contributed by atoms with van der Waals surface area (Å²) in [7, 11) is 0.0949. The lowest BCUT2D eigenvalue weighted by atomic mass is 9.57. The van der Waals surface area contributed by atoms with Crippen LogP contribution in [0.3, 0.4) is 0 Å². The number of carbonyl (C=O) groups excluding carboxylic acids is 3. The summed E-state index contributed by atoms with van der Waals surface area (Å²) in [5.74, 6) is -6.00. The monoisotopic (exact) mass is 942 g/mol. The quantitative estimate of drug-likeness (QED) is 0.0589. The Labute approximate surface area is 389 Å². The second-order valence-corrected chi connectivity index (χ2v) is 23.7. The molecule has 1 heterocycles. The number of benzene rings is 3. The Kier molecular flexibility index (Phi) is 13.8. The summed E-state index contributed by atoms with van der Waals surface area (Å²) in [6, 6.07) is 18.2. The molecule has 0 bridgehead atoms.